The van der Waals surface area contributed by atoms with Crippen LogP contribution in [0.4, 0.5) is 10.1 Å². The zero-order chi connectivity index (χ0) is 27.5. The Balaban J connectivity index is 1.14. The number of piperidine rings is 1. The van der Waals surface area contributed by atoms with Gasteiger partial charge in [-0.15, -0.1) is 0 Å². The van der Waals surface area contributed by atoms with Crippen molar-refractivity contribution in [3.8, 4) is 11.3 Å². The maximum atomic E-state index is 15.1. The number of carbonyl (C=O) groups excluding carboxylic acids is 1. The SMILES string of the molecule is Cc1cccc(Cl)c1-c1noc(C2CC2)c1CO[C@@H]1C[C@@H]2C[C@H]1CN2c1ccc(C(=O)OC(C)(C)C)cc1F. The van der Waals surface area contributed by atoms with Crippen LogP contribution in [0.5, 0.6) is 0 Å². The second kappa shape index (κ2) is 9.93. The number of anilines is 1. The van der Waals surface area contributed by atoms with Crippen molar-refractivity contribution in [3.63, 3.8) is 0 Å². The van der Waals surface area contributed by atoms with Gasteiger partial charge in [0.15, 0.2) is 0 Å². The van der Waals surface area contributed by atoms with Crippen molar-refractivity contribution in [2.75, 3.05) is 11.4 Å². The van der Waals surface area contributed by atoms with Crippen molar-refractivity contribution in [3.05, 3.63) is 69.7 Å². The highest BCUT2D eigenvalue weighted by Gasteiger charge is 2.46. The van der Waals surface area contributed by atoms with Gasteiger partial charge >= 0.3 is 5.97 Å². The molecule has 3 fully saturated rings. The Morgan fingerprint density at radius 1 is 1.21 bits per heavy atom. The first-order valence-electron chi connectivity index (χ1n) is 13.7. The predicted octanol–water partition coefficient (Wildman–Crippen LogP) is 7.46. The maximum absolute atomic E-state index is 15.1. The first-order valence-corrected chi connectivity index (χ1v) is 14.1. The Hall–Kier alpha value is -2.90. The number of aromatic nitrogens is 1. The van der Waals surface area contributed by atoms with Gasteiger partial charge in [0.25, 0.3) is 0 Å². The van der Waals surface area contributed by atoms with Gasteiger partial charge in [0, 0.05) is 35.5 Å². The summed E-state index contributed by atoms with van der Waals surface area (Å²) in [6.07, 6.45) is 4.06. The molecule has 1 aromatic heterocycles. The van der Waals surface area contributed by atoms with Crippen molar-refractivity contribution >= 4 is 23.3 Å². The van der Waals surface area contributed by atoms with Crippen molar-refractivity contribution in [2.45, 2.75) is 83.6 Å². The van der Waals surface area contributed by atoms with Crippen LogP contribution in [-0.2, 0) is 16.1 Å². The number of hydrogen-bond donors (Lipinski definition) is 0. The van der Waals surface area contributed by atoms with Crippen LogP contribution >= 0.6 is 11.6 Å². The fraction of sp³-hybridized carbons (Fsp3) is 0.484. The second-order valence-electron chi connectivity index (χ2n) is 12.1. The average Bonchev–Trinajstić information content (AvgIpc) is 3.32. The molecule has 6 rings (SSSR count). The molecule has 8 heteroatoms. The van der Waals surface area contributed by atoms with Crippen LogP contribution in [0.2, 0.25) is 5.02 Å². The standard InChI is InChI=1S/C31H34ClFN2O4/c1-17-6-5-7-23(32)27(17)28-22(29(39-34-28)18-8-9-18)16-37-26-14-21-12-20(26)15-35(21)25-11-10-19(13-24(25)33)30(36)38-31(2,3)4/h5-7,10-11,13,18,20-21,26H,8-9,12,14-16H2,1-4H3/t20-,21-,26+/m0/s1. The van der Waals surface area contributed by atoms with Gasteiger partial charge in [0.2, 0.25) is 0 Å². The third-order valence-corrected chi connectivity index (χ3v) is 8.35. The Morgan fingerprint density at radius 3 is 2.64 bits per heavy atom. The Morgan fingerprint density at radius 2 is 2.00 bits per heavy atom. The molecule has 1 saturated heterocycles. The van der Waals surface area contributed by atoms with E-state index in [9.17, 15) is 4.79 Å². The van der Waals surface area contributed by atoms with E-state index in [4.69, 9.17) is 25.6 Å². The maximum Gasteiger partial charge on any atom is 0.338 e. The van der Waals surface area contributed by atoms with Gasteiger partial charge in [0.1, 0.15) is 22.9 Å². The molecule has 1 aliphatic heterocycles. The lowest BCUT2D eigenvalue weighted by Crippen LogP contribution is -2.39. The summed E-state index contributed by atoms with van der Waals surface area (Å²) in [5, 5.41) is 5.10. The number of hydrogen-bond acceptors (Lipinski definition) is 6. The van der Waals surface area contributed by atoms with Crippen molar-refractivity contribution in [1.29, 1.82) is 0 Å². The van der Waals surface area contributed by atoms with E-state index in [-0.39, 0.29) is 17.7 Å². The number of ether oxygens (including phenoxy) is 2. The number of nitrogens with zero attached hydrogens (tertiary/aromatic N) is 2. The molecule has 2 aliphatic carbocycles. The first-order chi connectivity index (χ1) is 18.6. The lowest BCUT2D eigenvalue weighted by atomic mass is 10.00. The molecule has 2 bridgehead atoms. The molecule has 2 aromatic carbocycles. The van der Waals surface area contributed by atoms with E-state index in [1.807, 2.05) is 25.1 Å². The summed E-state index contributed by atoms with van der Waals surface area (Å²) < 4.78 is 32.9. The van der Waals surface area contributed by atoms with Crippen LogP contribution in [-0.4, -0.2) is 35.4 Å². The number of esters is 1. The topological polar surface area (TPSA) is 64.8 Å². The number of halogens is 2. The summed E-state index contributed by atoms with van der Waals surface area (Å²) in [5.41, 5.74) is 3.84. The molecule has 0 spiro atoms. The van der Waals surface area contributed by atoms with Crippen LogP contribution in [0.1, 0.15) is 79.6 Å². The summed E-state index contributed by atoms with van der Waals surface area (Å²) in [5.74, 6) is 0.697. The lowest BCUT2D eigenvalue weighted by molar-refractivity contribution is 0.00690. The minimum Gasteiger partial charge on any atom is -0.456 e. The zero-order valence-electron chi connectivity index (χ0n) is 22.8. The minimum atomic E-state index is -0.631. The van der Waals surface area contributed by atoms with E-state index < -0.39 is 17.4 Å². The highest BCUT2D eigenvalue weighted by molar-refractivity contribution is 6.33. The van der Waals surface area contributed by atoms with Crippen molar-refractivity contribution < 1.29 is 23.2 Å². The first kappa shape index (κ1) is 26.3. The third kappa shape index (κ3) is 5.19. The number of fused-ring (bicyclic) bond motifs is 2. The van der Waals surface area contributed by atoms with E-state index in [2.05, 4.69) is 10.1 Å². The highest BCUT2D eigenvalue weighted by Crippen LogP contribution is 2.47. The molecule has 3 aromatic rings. The molecule has 0 N–H and O–H groups in total. The van der Waals surface area contributed by atoms with E-state index in [0.717, 1.165) is 53.8 Å². The van der Waals surface area contributed by atoms with Gasteiger partial charge in [0.05, 0.1) is 29.0 Å². The molecular formula is C31H34ClFN2O4. The van der Waals surface area contributed by atoms with Gasteiger partial charge in [-0.2, -0.15) is 0 Å². The number of rotatable bonds is 7. The number of benzene rings is 2. The molecule has 3 atom stereocenters. The lowest BCUT2D eigenvalue weighted by Gasteiger charge is -2.33. The number of aryl methyl sites for hydroxylation is 1. The predicted molar refractivity (Wildman–Crippen MR) is 148 cm³/mol. The quantitative estimate of drug-likeness (QED) is 0.283. The molecular weight excluding hydrogens is 519 g/mol. The van der Waals surface area contributed by atoms with Crippen molar-refractivity contribution in [1.82, 2.24) is 5.16 Å². The summed E-state index contributed by atoms with van der Waals surface area (Å²) in [6.45, 7) is 8.55. The fourth-order valence-corrected chi connectivity index (χ4v) is 6.37. The van der Waals surface area contributed by atoms with E-state index in [0.29, 0.717) is 35.7 Å². The molecule has 39 heavy (non-hydrogen) atoms. The second-order valence-corrected chi connectivity index (χ2v) is 12.5. The molecule has 2 saturated carbocycles. The molecule has 0 unspecified atom stereocenters. The smallest absolute Gasteiger partial charge is 0.338 e. The molecule has 6 nitrogen and oxygen atoms in total. The zero-order valence-corrected chi connectivity index (χ0v) is 23.6. The van der Waals surface area contributed by atoms with Gasteiger partial charge in [-0.25, -0.2) is 9.18 Å². The summed E-state index contributed by atoms with van der Waals surface area (Å²) >= 11 is 6.58. The summed E-state index contributed by atoms with van der Waals surface area (Å²) in [7, 11) is 0. The monoisotopic (exact) mass is 552 g/mol. The normalized spacial score (nSPS) is 22.5. The minimum absolute atomic E-state index is 0.0810. The van der Waals surface area contributed by atoms with Gasteiger partial charge in [-0.3, -0.25) is 0 Å². The van der Waals surface area contributed by atoms with Crippen LogP contribution in [0.25, 0.3) is 11.3 Å². The van der Waals surface area contributed by atoms with Crippen molar-refractivity contribution in [2.24, 2.45) is 5.92 Å². The van der Waals surface area contributed by atoms with E-state index in [1.54, 1.807) is 32.9 Å². The molecule has 3 aliphatic rings. The Bertz CT molecular complexity index is 1390. The van der Waals surface area contributed by atoms with Crippen LogP contribution in [0.15, 0.2) is 40.9 Å². The Labute approximate surface area is 233 Å². The summed E-state index contributed by atoms with van der Waals surface area (Å²) in [4.78, 5) is 14.5. The van der Waals surface area contributed by atoms with Gasteiger partial charge < -0.3 is 18.9 Å². The molecule has 206 valence electrons. The van der Waals surface area contributed by atoms with Gasteiger partial charge in [-0.1, -0.05) is 28.9 Å². The molecule has 0 radical (unpaired) electrons. The van der Waals surface area contributed by atoms with E-state index in [1.165, 1.54) is 6.07 Å². The van der Waals surface area contributed by atoms with Crippen LogP contribution in [0.3, 0.4) is 0 Å². The number of carbonyl (C=O) groups is 1. The Kier molecular flexibility index (Phi) is 6.71. The average molecular weight is 553 g/mol. The largest absolute Gasteiger partial charge is 0.456 e. The molecule has 0 amide bonds. The highest BCUT2D eigenvalue weighted by atomic mass is 35.5. The van der Waals surface area contributed by atoms with Gasteiger partial charge in [-0.05, 0) is 83.2 Å². The molecule has 2 heterocycles. The third-order valence-electron chi connectivity index (χ3n) is 8.04. The fourth-order valence-electron chi connectivity index (χ4n) is 6.06. The summed E-state index contributed by atoms with van der Waals surface area (Å²) in [6, 6.07) is 10.7. The van der Waals surface area contributed by atoms with Crippen LogP contribution < -0.4 is 4.90 Å². The van der Waals surface area contributed by atoms with E-state index >= 15 is 4.39 Å². The van der Waals surface area contributed by atoms with Crippen LogP contribution in [0, 0.1) is 18.7 Å².